The average molecular weight is 650 g/mol. The van der Waals surface area contributed by atoms with E-state index in [4.69, 9.17) is 18.9 Å². The second-order valence-electron chi connectivity index (χ2n) is 11.0. The first-order valence-corrected chi connectivity index (χ1v) is 14.9. The van der Waals surface area contributed by atoms with Crippen molar-refractivity contribution < 1.29 is 73.4 Å². The Morgan fingerprint density at radius 2 is 1.49 bits per heavy atom. The van der Waals surface area contributed by atoms with Crippen LogP contribution in [0.2, 0.25) is 0 Å². The van der Waals surface area contributed by atoms with Crippen LogP contribution in [0.25, 0.3) is 0 Å². The second-order valence-corrected chi connectivity index (χ2v) is 11.0. The fourth-order valence-electron chi connectivity index (χ4n) is 5.16. The zero-order valence-electron chi connectivity index (χ0n) is 24.9. The number of unbranched alkanes of at least 4 members (excludes halogenated alkanes) is 5. The number of esters is 1. The van der Waals surface area contributed by atoms with Gasteiger partial charge in [0.25, 0.3) is 5.91 Å². The molecule has 3 rings (SSSR count). The lowest BCUT2D eigenvalue weighted by molar-refractivity contribution is -0.344. The van der Waals surface area contributed by atoms with Gasteiger partial charge in [-0.2, -0.15) is 0 Å². The van der Waals surface area contributed by atoms with Crippen molar-refractivity contribution in [3.8, 4) is 5.75 Å². The summed E-state index contributed by atoms with van der Waals surface area (Å²) in [6.45, 7) is -1.37. The number of ether oxygens (including phenoxy) is 5. The number of hydrogen-bond acceptors (Lipinski definition) is 14. The summed E-state index contributed by atoms with van der Waals surface area (Å²) in [5.74, 6) is -2.62. The number of phenols is 1. The number of benzene rings is 1. The maximum absolute atomic E-state index is 13.9. The molecule has 1 aromatic rings. The number of amides is 1. The molecule has 2 aliphatic heterocycles. The molecule has 16 heteroatoms. The topological polar surface area (TPSA) is 234 Å². The van der Waals surface area contributed by atoms with Crippen molar-refractivity contribution >= 4 is 11.9 Å². The van der Waals surface area contributed by atoms with Crippen LogP contribution in [0, 0.1) is 5.82 Å². The van der Waals surface area contributed by atoms with Gasteiger partial charge in [-0.15, -0.1) is 0 Å². The summed E-state index contributed by atoms with van der Waals surface area (Å²) in [4.78, 5) is 24.4. The van der Waals surface area contributed by atoms with Crippen LogP contribution >= 0.6 is 0 Å². The minimum Gasteiger partial charge on any atom is -0.507 e. The molecule has 0 saturated carbocycles. The van der Waals surface area contributed by atoms with E-state index >= 15 is 0 Å². The highest BCUT2D eigenvalue weighted by Crippen LogP contribution is 2.30. The molecule has 10 atom stereocenters. The van der Waals surface area contributed by atoms with Gasteiger partial charge in [-0.3, -0.25) is 9.59 Å². The highest BCUT2D eigenvalue weighted by atomic mass is 19.1. The summed E-state index contributed by atoms with van der Waals surface area (Å²) >= 11 is 0. The minimum absolute atomic E-state index is 0.103. The third kappa shape index (κ3) is 9.99. The number of nitrogens with one attached hydrogen (secondary N) is 1. The van der Waals surface area contributed by atoms with Gasteiger partial charge in [0.05, 0.1) is 25.9 Å². The Bertz CT molecular complexity index is 1080. The summed E-state index contributed by atoms with van der Waals surface area (Å²) < 4.78 is 41.4. The summed E-state index contributed by atoms with van der Waals surface area (Å²) in [5.41, 5.74) is -0.452. The van der Waals surface area contributed by atoms with Crippen LogP contribution < -0.4 is 5.32 Å². The normalized spacial score (nSPS) is 31.8. The molecular formula is C29H44FNO14. The van der Waals surface area contributed by atoms with E-state index in [1.807, 2.05) is 0 Å². The molecule has 45 heavy (non-hydrogen) atoms. The third-order valence-corrected chi connectivity index (χ3v) is 7.78. The molecule has 0 spiro atoms. The summed E-state index contributed by atoms with van der Waals surface area (Å²) in [5, 5.41) is 74.1. The summed E-state index contributed by atoms with van der Waals surface area (Å²) in [6, 6.07) is 1.30. The van der Waals surface area contributed by atoms with E-state index < -0.39 is 97.6 Å². The van der Waals surface area contributed by atoms with Gasteiger partial charge >= 0.3 is 5.97 Å². The summed E-state index contributed by atoms with van der Waals surface area (Å²) in [6.07, 6.45) is -9.45. The fourth-order valence-corrected chi connectivity index (χ4v) is 5.16. The Balaban J connectivity index is 1.75. The molecule has 0 radical (unpaired) electrons. The number of aromatic hydroxyl groups is 1. The van der Waals surface area contributed by atoms with Gasteiger partial charge in [0.15, 0.2) is 12.6 Å². The van der Waals surface area contributed by atoms with E-state index in [2.05, 4.69) is 10.1 Å². The Morgan fingerprint density at radius 3 is 2.16 bits per heavy atom. The molecule has 15 nitrogen and oxygen atoms in total. The van der Waals surface area contributed by atoms with Crippen molar-refractivity contribution in [2.75, 3.05) is 26.9 Å². The predicted octanol–water partition coefficient (Wildman–Crippen LogP) is -1.19. The predicted molar refractivity (Wildman–Crippen MR) is 150 cm³/mol. The first-order chi connectivity index (χ1) is 21.5. The number of aliphatic hydroxyl groups excluding tert-OH is 6. The Labute approximate surface area is 259 Å². The number of carbonyl (C=O) groups is 2. The van der Waals surface area contributed by atoms with E-state index in [-0.39, 0.29) is 12.6 Å². The van der Waals surface area contributed by atoms with Gasteiger partial charge in [-0.05, 0) is 31.0 Å². The van der Waals surface area contributed by atoms with Crippen molar-refractivity contribution in [2.45, 2.75) is 106 Å². The Kier molecular flexibility index (Phi) is 14.8. The van der Waals surface area contributed by atoms with E-state index in [0.717, 1.165) is 43.9 Å². The molecule has 0 aromatic heterocycles. The van der Waals surface area contributed by atoms with E-state index in [1.54, 1.807) is 0 Å². The Hall–Kier alpha value is -2.51. The molecule has 8 N–H and O–H groups in total. The number of halogens is 1. The highest BCUT2D eigenvalue weighted by molar-refractivity contribution is 5.97. The molecule has 2 heterocycles. The van der Waals surface area contributed by atoms with Gasteiger partial charge in [0.1, 0.15) is 60.3 Å². The monoisotopic (exact) mass is 649 g/mol. The fraction of sp³-hybridized carbons (Fsp3) is 0.724. The van der Waals surface area contributed by atoms with Crippen LogP contribution in [0.5, 0.6) is 5.75 Å². The van der Waals surface area contributed by atoms with E-state index in [9.17, 15) is 49.7 Å². The standard InChI is InChI=1S/C29H44FNO14/c1-41-20(35)8-6-4-2-3-5-7-11-42-28-21(31-27(40)16-12-15(30)9-10-17(16)34)26(23(37)19(14-33)43-28)45-29-25(39)24(38)22(36)18(13-32)44-29/h9-10,12,18-19,21-26,28-29,32-34,36-39H,2-8,11,13-14H2,1H3,(H,31,40)/t18?,19?,21?,22-,23+,24?,25?,26?,28+,29?/m0/s1. The van der Waals surface area contributed by atoms with Crippen LogP contribution in [-0.4, -0.2) is 136 Å². The summed E-state index contributed by atoms with van der Waals surface area (Å²) in [7, 11) is 1.34. The van der Waals surface area contributed by atoms with Crippen molar-refractivity contribution in [3.63, 3.8) is 0 Å². The van der Waals surface area contributed by atoms with Crippen LogP contribution in [-0.2, 0) is 28.5 Å². The highest BCUT2D eigenvalue weighted by Gasteiger charge is 2.51. The third-order valence-electron chi connectivity index (χ3n) is 7.78. The van der Waals surface area contributed by atoms with Gasteiger partial charge in [-0.25, -0.2) is 4.39 Å². The van der Waals surface area contributed by atoms with E-state index in [0.29, 0.717) is 19.3 Å². The van der Waals surface area contributed by atoms with Crippen LogP contribution in [0.4, 0.5) is 4.39 Å². The van der Waals surface area contributed by atoms with Crippen molar-refractivity contribution in [1.29, 1.82) is 0 Å². The molecule has 0 aliphatic carbocycles. The van der Waals surface area contributed by atoms with Gasteiger partial charge in [-0.1, -0.05) is 25.7 Å². The molecule has 1 amide bonds. The zero-order chi connectivity index (χ0) is 33.1. The van der Waals surface area contributed by atoms with Crippen molar-refractivity contribution in [3.05, 3.63) is 29.6 Å². The van der Waals surface area contributed by atoms with Crippen molar-refractivity contribution in [2.24, 2.45) is 0 Å². The first kappa shape index (κ1) is 37.0. The smallest absolute Gasteiger partial charge is 0.305 e. The lowest BCUT2D eigenvalue weighted by Crippen LogP contribution is -2.68. The molecule has 2 saturated heterocycles. The molecule has 1 aromatic carbocycles. The molecule has 7 unspecified atom stereocenters. The molecule has 2 fully saturated rings. The first-order valence-electron chi connectivity index (χ1n) is 14.9. The number of methoxy groups -OCH3 is 1. The minimum atomic E-state index is -1.86. The molecular weight excluding hydrogens is 605 g/mol. The molecule has 2 aliphatic rings. The average Bonchev–Trinajstić information content (AvgIpc) is 3.03. The lowest BCUT2D eigenvalue weighted by atomic mass is 9.95. The molecule has 0 bridgehead atoms. The second kappa shape index (κ2) is 18.0. The van der Waals surface area contributed by atoms with Crippen LogP contribution in [0.15, 0.2) is 18.2 Å². The number of aliphatic hydroxyl groups is 6. The number of hydrogen-bond donors (Lipinski definition) is 8. The number of rotatable bonds is 16. The maximum atomic E-state index is 13.9. The SMILES string of the molecule is COC(=O)CCCCCCCCO[C@@H]1OC(CO)[C@@H](O)C(OC2OC(CO)[C@H](O)C(O)C2O)C1NC(=O)c1cc(F)ccc1O. The van der Waals surface area contributed by atoms with Gasteiger partial charge < -0.3 is 64.7 Å². The number of phenolic OH excluding ortho intramolecular Hbond substituents is 1. The maximum Gasteiger partial charge on any atom is 0.305 e. The quantitative estimate of drug-likeness (QED) is 0.0778. The van der Waals surface area contributed by atoms with Gasteiger partial charge in [0.2, 0.25) is 0 Å². The van der Waals surface area contributed by atoms with Crippen LogP contribution in [0.1, 0.15) is 55.3 Å². The Morgan fingerprint density at radius 1 is 0.867 bits per heavy atom. The number of carbonyl (C=O) groups excluding carboxylic acids is 2. The van der Waals surface area contributed by atoms with Crippen molar-refractivity contribution in [1.82, 2.24) is 5.32 Å². The molecule has 256 valence electrons. The van der Waals surface area contributed by atoms with Crippen LogP contribution in [0.3, 0.4) is 0 Å². The zero-order valence-corrected chi connectivity index (χ0v) is 24.9. The lowest BCUT2D eigenvalue weighted by Gasteiger charge is -2.47. The largest absolute Gasteiger partial charge is 0.507 e. The van der Waals surface area contributed by atoms with E-state index in [1.165, 1.54) is 7.11 Å². The van der Waals surface area contributed by atoms with Gasteiger partial charge in [0, 0.05) is 13.0 Å².